The number of carbonyl (C=O) groups is 3. The van der Waals surface area contributed by atoms with Crippen LogP contribution in [0.5, 0.6) is 0 Å². The Morgan fingerprint density at radius 2 is 1.95 bits per heavy atom. The highest BCUT2D eigenvalue weighted by Gasteiger charge is 2.22. The molecule has 0 unspecified atom stereocenters. The van der Waals surface area contributed by atoms with Crippen molar-refractivity contribution in [2.45, 2.75) is 6.42 Å². The molecular formula is C13H17N3O4. The lowest BCUT2D eigenvalue weighted by Crippen LogP contribution is -2.31. The number of rotatable bonds is 6. The first-order valence-corrected chi connectivity index (χ1v) is 6.06. The van der Waals surface area contributed by atoms with Crippen LogP contribution in [0.15, 0.2) is 18.2 Å². The van der Waals surface area contributed by atoms with E-state index in [0.29, 0.717) is 6.42 Å². The van der Waals surface area contributed by atoms with Crippen LogP contribution in [0.25, 0.3) is 0 Å². The van der Waals surface area contributed by atoms with E-state index in [1.54, 1.807) is 0 Å². The summed E-state index contributed by atoms with van der Waals surface area (Å²) in [6, 6.07) is 4.15. The van der Waals surface area contributed by atoms with E-state index in [4.69, 9.17) is 10.8 Å². The number of hydrogen-bond acceptors (Lipinski definition) is 5. The summed E-state index contributed by atoms with van der Waals surface area (Å²) in [4.78, 5) is 35.2. The Hall–Kier alpha value is -2.41. The number of nitrogens with two attached hydrogens (primary N) is 1. The number of Topliss-reactive ketones (excluding diaryl/α,β-unsaturated/α-hetero) is 1. The Labute approximate surface area is 116 Å². The third-order valence-corrected chi connectivity index (χ3v) is 2.59. The molecule has 0 saturated carbocycles. The quantitative estimate of drug-likeness (QED) is 0.238. The number of aliphatic hydroxyl groups excluding tert-OH is 1. The number of nitrogens with one attached hydrogen (secondary N) is 2. The van der Waals surface area contributed by atoms with Gasteiger partial charge < -0.3 is 21.5 Å². The largest absolute Gasteiger partial charge is 0.399 e. The molecule has 0 saturated heterocycles. The van der Waals surface area contributed by atoms with Gasteiger partial charge in [-0.15, -0.1) is 0 Å². The highest BCUT2D eigenvalue weighted by atomic mass is 16.3. The lowest BCUT2D eigenvalue weighted by Gasteiger charge is -2.09. The maximum Gasteiger partial charge on any atom is 0.292 e. The zero-order valence-corrected chi connectivity index (χ0v) is 11.1. The minimum Gasteiger partial charge on any atom is -0.399 e. The average Bonchev–Trinajstić information content (AvgIpc) is 2.45. The van der Waals surface area contributed by atoms with Crippen LogP contribution in [0, 0.1) is 0 Å². The summed E-state index contributed by atoms with van der Waals surface area (Å²) in [6.07, 6.45) is 0.402. The molecular weight excluding hydrogens is 262 g/mol. The molecule has 7 heteroatoms. The summed E-state index contributed by atoms with van der Waals surface area (Å²) in [6.45, 7) is 0.222. The summed E-state index contributed by atoms with van der Waals surface area (Å²) in [5.74, 6) is -2.14. The third kappa shape index (κ3) is 3.79. The molecule has 0 bridgehead atoms. The molecule has 0 aliphatic carbocycles. The molecule has 0 heterocycles. The smallest absolute Gasteiger partial charge is 0.292 e. The minimum absolute atomic E-state index is 0.0496. The predicted octanol–water partition coefficient (Wildman–Crippen LogP) is -0.690. The van der Waals surface area contributed by atoms with E-state index in [1.165, 1.54) is 25.2 Å². The van der Waals surface area contributed by atoms with Gasteiger partial charge in [0.2, 0.25) is 0 Å². The molecule has 1 aromatic rings. The van der Waals surface area contributed by atoms with E-state index < -0.39 is 17.6 Å². The highest BCUT2D eigenvalue weighted by Crippen LogP contribution is 2.14. The zero-order valence-electron chi connectivity index (χ0n) is 11.1. The summed E-state index contributed by atoms with van der Waals surface area (Å²) in [7, 11) is 1.33. The fraction of sp³-hybridized carbons (Fsp3) is 0.308. The molecule has 0 aliphatic rings. The minimum atomic E-state index is -0.827. The Balaban J connectivity index is 3.04. The van der Waals surface area contributed by atoms with Crippen LogP contribution in [0.1, 0.15) is 27.1 Å². The maximum atomic E-state index is 11.9. The second-order valence-corrected chi connectivity index (χ2v) is 4.05. The average molecular weight is 279 g/mol. The SMILES string of the molecule is CNC(=O)C(=O)c1cc(N)ccc1C(=O)NCCCO. The van der Waals surface area contributed by atoms with E-state index in [9.17, 15) is 14.4 Å². The Morgan fingerprint density at radius 1 is 1.25 bits per heavy atom. The van der Waals surface area contributed by atoms with Crippen LogP contribution >= 0.6 is 0 Å². The Morgan fingerprint density at radius 3 is 2.55 bits per heavy atom. The van der Waals surface area contributed by atoms with Gasteiger partial charge in [-0.2, -0.15) is 0 Å². The number of benzene rings is 1. The van der Waals surface area contributed by atoms with Crippen LogP contribution in [0.4, 0.5) is 5.69 Å². The number of nitrogen functional groups attached to an aromatic ring is 1. The molecule has 20 heavy (non-hydrogen) atoms. The molecule has 1 rings (SSSR count). The standard InChI is InChI=1S/C13H17N3O4/c1-15-13(20)11(18)10-7-8(14)3-4-9(10)12(19)16-5-2-6-17/h3-4,7,17H,2,5-6,14H2,1H3,(H,15,20)(H,16,19). The predicted molar refractivity (Wildman–Crippen MR) is 73.3 cm³/mol. The number of hydrogen-bond donors (Lipinski definition) is 4. The lowest BCUT2D eigenvalue weighted by atomic mass is 10.0. The van der Waals surface area contributed by atoms with Crippen LogP contribution in [-0.2, 0) is 4.79 Å². The monoisotopic (exact) mass is 279 g/mol. The van der Waals surface area contributed by atoms with Gasteiger partial charge in [0.15, 0.2) is 0 Å². The molecule has 2 amide bonds. The van der Waals surface area contributed by atoms with Gasteiger partial charge in [-0.25, -0.2) is 0 Å². The van der Waals surface area contributed by atoms with Crippen LogP contribution in [0.2, 0.25) is 0 Å². The fourth-order valence-corrected chi connectivity index (χ4v) is 1.56. The lowest BCUT2D eigenvalue weighted by molar-refractivity contribution is -0.116. The van der Waals surface area contributed by atoms with Gasteiger partial charge in [0.25, 0.3) is 17.6 Å². The molecule has 0 atom stereocenters. The van der Waals surface area contributed by atoms with Crippen molar-refractivity contribution in [3.8, 4) is 0 Å². The third-order valence-electron chi connectivity index (χ3n) is 2.59. The van der Waals surface area contributed by atoms with Crippen molar-refractivity contribution in [1.82, 2.24) is 10.6 Å². The second kappa shape index (κ2) is 7.25. The molecule has 5 N–H and O–H groups in total. The summed E-state index contributed by atoms with van der Waals surface area (Å²) >= 11 is 0. The summed E-state index contributed by atoms with van der Waals surface area (Å²) in [5.41, 5.74) is 5.89. The molecule has 0 spiro atoms. The van der Waals surface area contributed by atoms with Gasteiger partial charge in [0.05, 0.1) is 5.56 Å². The van der Waals surface area contributed by atoms with Gasteiger partial charge in [0, 0.05) is 31.5 Å². The van der Waals surface area contributed by atoms with E-state index in [1.807, 2.05) is 0 Å². The first-order valence-electron chi connectivity index (χ1n) is 6.06. The number of amides is 2. The van der Waals surface area contributed by atoms with Gasteiger partial charge in [0.1, 0.15) is 0 Å². The van der Waals surface area contributed by atoms with E-state index in [-0.39, 0.29) is 30.0 Å². The summed E-state index contributed by atoms with van der Waals surface area (Å²) in [5, 5.41) is 13.4. The molecule has 108 valence electrons. The Bertz CT molecular complexity index is 528. The van der Waals surface area contributed by atoms with Crippen molar-refractivity contribution < 1.29 is 19.5 Å². The normalized spacial score (nSPS) is 9.90. The topological polar surface area (TPSA) is 122 Å². The number of ketones is 1. The van der Waals surface area contributed by atoms with E-state index in [2.05, 4.69) is 10.6 Å². The first kappa shape index (κ1) is 15.6. The number of likely N-dealkylation sites (N-methyl/N-ethyl adjacent to an activating group) is 1. The highest BCUT2D eigenvalue weighted by molar-refractivity contribution is 6.44. The molecule has 0 fully saturated rings. The molecule has 0 aromatic heterocycles. The van der Waals surface area contributed by atoms with Crippen LogP contribution in [-0.4, -0.2) is 42.9 Å². The van der Waals surface area contributed by atoms with Crippen LogP contribution in [0.3, 0.4) is 0 Å². The summed E-state index contributed by atoms with van der Waals surface area (Å²) < 4.78 is 0. The van der Waals surface area contributed by atoms with Crippen LogP contribution < -0.4 is 16.4 Å². The second-order valence-electron chi connectivity index (χ2n) is 4.05. The van der Waals surface area contributed by atoms with Crippen molar-refractivity contribution in [2.75, 3.05) is 25.9 Å². The van der Waals surface area contributed by atoms with Crippen molar-refractivity contribution in [3.05, 3.63) is 29.3 Å². The molecule has 1 aromatic carbocycles. The molecule has 7 nitrogen and oxygen atoms in total. The van der Waals surface area contributed by atoms with E-state index >= 15 is 0 Å². The number of aliphatic hydroxyl groups is 1. The van der Waals surface area contributed by atoms with Gasteiger partial charge in [-0.05, 0) is 24.6 Å². The number of anilines is 1. The van der Waals surface area contributed by atoms with Crippen molar-refractivity contribution in [2.24, 2.45) is 0 Å². The van der Waals surface area contributed by atoms with Gasteiger partial charge >= 0.3 is 0 Å². The fourth-order valence-electron chi connectivity index (χ4n) is 1.56. The van der Waals surface area contributed by atoms with Gasteiger partial charge in [-0.3, -0.25) is 14.4 Å². The zero-order chi connectivity index (χ0) is 15.1. The van der Waals surface area contributed by atoms with Crippen molar-refractivity contribution in [3.63, 3.8) is 0 Å². The molecule has 0 radical (unpaired) electrons. The van der Waals surface area contributed by atoms with Crippen molar-refractivity contribution >= 4 is 23.3 Å². The van der Waals surface area contributed by atoms with Crippen molar-refractivity contribution in [1.29, 1.82) is 0 Å². The van der Waals surface area contributed by atoms with E-state index in [0.717, 1.165) is 0 Å². The first-order chi connectivity index (χ1) is 9.51. The molecule has 0 aliphatic heterocycles. The Kier molecular flexibility index (Phi) is 5.67. The maximum absolute atomic E-state index is 11.9. The number of carbonyl (C=O) groups excluding carboxylic acids is 3. The van der Waals surface area contributed by atoms with Gasteiger partial charge in [-0.1, -0.05) is 0 Å².